The molecule has 0 bridgehead atoms. The molecule has 98 valence electrons. The van der Waals surface area contributed by atoms with Gasteiger partial charge < -0.3 is 9.84 Å². The van der Waals surface area contributed by atoms with E-state index in [0.717, 1.165) is 22.6 Å². The van der Waals surface area contributed by atoms with E-state index in [9.17, 15) is 4.79 Å². The first-order chi connectivity index (χ1) is 9.08. The summed E-state index contributed by atoms with van der Waals surface area (Å²) in [7, 11) is 0. The van der Waals surface area contributed by atoms with Crippen molar-refractivity contribution in [3.05, 3.63) is 58.9 Å². The topological polar surface area (TPSA) is 59.4 Å². The summed E-state index contributed by atoms with van der Waals surface area (Å²) in [5, 5.41) is 8.90. The number of hydrogen-bond acceptors (Lipinski definition) is 3. The van der Waals surface area contributed by atoms with Crippen LogP contribution >= 0.6 is 0 Å². The number of carbonyl (C=O) groups is 1. The van der Waals surface area contributed by atoms with E-state index in [1.807, 2.05) is 26.0 Å². The molecule has 0 fully saturated rings. The van der Waals surface area contributed by atoms with Crippen molar-refractivity contribution in [1.82, 2.24) is 4.98 Å². The van der Waals surface area contributed by atoms with Crippen molar-refractivity contribution in [2.24, 2.45) is 0 Å². The second kappa shape index (κ2) is 5.52. The number of ether oxygens (including phenoxy) is 1. The molecule has 1 aromatic carbocycles. The molecular formula is C15H15NO3. The molecule has 0 amide bonds. The van der Waals surface area contributed by atoms with Crippen molar-refractivity contribution in [1.29, 1.82) is 0 Å². The maximum Gasteiger partial charge on any atom is 0.335 e. The van der Waals surface area contributed by atoms with Crippen LogP contribution in [-0.4, -0.2) is 16.1 Å². The molecule has 1 aromatic heterocycles. The van der Waals surface area contributed by atoms with Crippen LogP contribution in [0.4, 0.5) is 0 Å². The summed E-state index contributed by atoms with van der Waals surface area (Å²) >= 11 is 0. The van der Waals surface area contributed by atoms with Gasteiger partial charge >= 0.3 is 5.97 Å². The van der Waals surface area contributed by atoms with Crippen LogP contribution in [0.15, 0.2) is 36.5 Å². The predicted octanol–water partition coefficient (Wildman–Crippen LogP) is 2.98. The lowest BCUT2D eigenvalue weighted by Gasteiger charge is -2.10. The quantitative estimate of drug-likeness (QED) is 0.914. The summed E-state index contributed by atoms with van der Waals surface area (Å²) in [5.41, 5.74) is 3.00. The van der Waals surface area contributed by atoms with Gasteiger partial charge in [0.2, 0.25) is 0 Å². The first-order valence-electron chi connectivity index (χ1n) is 5.95. The molecular weight excluding hydrogens is 242 g/mol. The van der Waals surface area contributed by atoms with E-state index in [0.29, 0.717) is 12.2 Å². The van der Waals surface area contributed by atoms with E-state index in [2.05, 4.69) is 4.98 Å². The molecule has 2 rings (SSSR count). The van der Waals surface area contributed by atoms with Gasteiger partial charge in [0.25, 0.3) is 0 Å². The van der Waals surface area contributed by atoms with Gasteiger partial charge in [0.05, 0.1) is 11.3 Å². The Morgan fingerprint density at radius 3 is 2.74 bits per heavy atom. The summed E-state index contributed by atoms with van der Waals surface area (Å²) in [4.78, 5) is 15.0. The van der Waals surface area contributed by atoms with Crippen molar-refractivity contribution in [3.63, 3.8) is 0 Å². The standard InChI is InChI=1S/C15H15NO3/c1-10-8-12(15(17)18)5-6-13(10)9-19-14-4-3-7-16-11(14)2/h3-8H,9H2,1-2H3,(H,17,18). The highest BCUT2D eigenvalue weighted by atomic mass is 16.5. The minimum atomic E-state index is -0.918. The van der Waals surface area contributed by atoms with Gasteiger partial charge in [-0.3, -0.25) is 4.98 Å². The van der Waals surface area contributed by atoms with Gasteiger partial charge in [0.15, 0.2) is 0 Å². The third-order valence-corrected chi connectivity index (χ3v) is 2.93. The Bertz CT molecular complexity index is 608. The van der Waals surface area contributed by atoms with Crippen molar-refractivity contribution in [2.75, 3.05) is 0 Å². The third-order valence-electron chi connectivity index (χ3n) is 2.93. The van der Waals surface area contributed by atoms with Crippen molar-refractivity contribution in [3.8, 4) is 5.75 Å². The van der Waals surface area contributed by atoms with Crippen LogP contribution in [-0.2, 0) is 6.61 Å². The number of aromatic carboxylic acids is 1. The molecule has 1 heterocycles. The molecule has 0 aliphatic rings. The fourth-order valence-corrected chi connectivity index (χ4v) is 1.77. The third kappa shape index (κ3) is 3.10. The van der Waals surface area contributed by atoms with Crippen molar-refractivity contribution in [2.45, 2.75) is 20.5 Å². The smallest absolute Gasteiger partial charge is 0.335 e. The van der Waals surface area contributed by atoms with E-state index in [1.54, 1.807) is 24.4 Å². The van der Waals surface area contributed by atoms with Crippen LogP contribution in [0.2, 0.25) is 0 Å². The Morgan fingerprint density at radius 2 is 2.11 bits per heavy atom. The monoisotopic (exact) mass is 257 g/mol. The van der Waals surface area contributed by atoms with Gasteiger partial charge in [-0.15, -0.1) is 0 Å². The number of hydrogen-bond donors (Lipinski definition) is 1. The number of benzene rings is 1. The van der Waals surface area contributed by atoms with E-state index in [-0.39, 0.29) is 0 Å². The van der Waals surface area contributed by atoms with Crippen LogP contribution in [0.1, 0.15) is 27.2 Å². The lowest BCUT2D eigenvalue weighted by Crippen LogP contribution is -2.02. The molecule has 0 saturated heterocycles. The van der Waals surface area contributed by atoms with Crippen LogP contribution in [0.3, 0.4) is 0 Å². The van der Waals surface area contributed by atoms with E-state index in [1.165, 1.54) is 0 Å². The van der Waals surface area contributed by atoms with E-state index in [4.69, 9.17) is 9.84 Å². The second-order valence-electron chi connectivity index (χ2n) is 4.32. The first kappa shape index (κ1) is 13.1. The van der Waals surface area contributed by atoms with Gasteiger partial charge in [0.1, 0.15) is 12.4 Å². The maximum atomic E-state index is 10.8. The minimum Gasteiger partial charge on any atom is -0.487 e. The zero-order valence-electron chi connectivity index (χ0n) is 10.9. The molecule has 0 saturated carbocycles. The number of pyridine rings is 1. The van der Waals surface area contributed by atoms with E-state index < -0.39 is 5.97 Å². The number of carboxylic acid groups (broad SMARTS) is 1. The van der Waals surface area contributed by atoms with E-state index >= 15 is 0 Å². The zero-order chi connectivity index (χ0) is 13.8. The lowest BCUT2D eigenvalue weighted by molar-refractivity contribution is 0.0696. The van der Waals surface area contributed by atoms with Gasteiger partial charge in [-0.25, -0.2) is 4.79 Å². The number of carboxylic acids is 1. The van der Waals surface area contributed by atoms with Gasteiger partial charge in [-0.05, 0) is 49.2 Å². The van der Waals surface area contributed by atoms with Gasteiger partial charge in [-0.2, -0.15) is 0 Å². The van der Waals surface area contributed by atoms with Crippen LogP contribution in [0.25, 0.3) is 0 Å². The molecule has 19 heavy (non-hydrogen) atoms. The molecule has 0 atom stereocenters. The Labute approximate surface area is 111 Å². The normalized spacial score (nSPS) is 10.2. The summed E-state index contributed by atoms with van der Waals surface area (Å²) in [6, 6.07) is 8.71. The number of nitrogens with zero attached hydrogens (tertiary/aromatic N) is 1. The highest BCUT2D eigenvalue weighted by Gasteiger charge is 2.07. The summed E-state index contributed by atoms with van der Waals surface area (Å²) in [6.45, 7) is 4.16. The molecule has 4 heteroatoms. The van der Waals surface area contributed by atoms with Crippen LogP contribution in [0.5, 0.6) is 5.75 Å². The highest BCUT2D eigenvalue weighted by molar-refractivity contribution is 5.87. The lowest BCUT2D eigenvalue weighted by atomic mass is 10.1. The highest BCUT2D eigenvalue weighted by Crippen LogP contribution is 2.18. The number of aromatic nitrogens is 1. The number of aryl methyl sites for hydroxylation is 2. The molecule has 0 aliphatic carbocycles. The Hall–Kier alpha value is -2.36. The molecule has 0 radical (unpaired) electrons. The molecule has 2 aromatic rings. The molecule has 1 N–H and O–H groups in total. The average Bonchev–Trinajstić information content (AvgIpc) is 2.39. The molecule has 0 aliphatic heterocycles. The Kier molecular flexibility index (Phi) is 3.80. The van der Waals surface area contributed by atoms with Gasteiger partial charge in [0, 0.05) is 6.20 Å². The van der Waals surface area contributed by atoms with Crippen LogP contribution in [0, 0.1) is 13.8 Å². The molecule has 4 nitrogen and oxygen atoms in total. The van der Waals surface area contributed by atoms with Crippen molar-refractivity contribution >= 4 is 5.97 Å². The number of rotatable bonds is 4. The Morgan fingerprint density at radius 1 is 1.32 bits per heavy atom. The largest absolute Gasteiger partial charge is 0.487 e. The van der Waals surface area contributed by atoms with Gasteiger partial charge in [-0.1, -0.05) is 6.07 Å². The summed E-state index contributed by atoms with van der Waals surface area (Å²) in [5.74, 6) is -0.178. The molecule has 0 unspecified atom stereocenters. The van der Waals surface area contributed by atoms with Crippen LogP contribution < -0.4 is 4.74 Å². The minimum absolute atomic E-state index is 0.291. The maximum absolute atomic E-state index is 10.8. The summed E-state index contributed by atoms with van der Waals surface area (Å²) in [6.07, 6.45) is 1.72. The SMILES string of the molecule is Cc1cc(C(=O)O)ccc1COc1cccnc1C. The first-order valence-corrected chi connectivity index (χ1v) is 5.95. The van der Waals surface area contributed by atoms with Crippen molar-refractivity contribution < 1.29 is 14.6 Å². The predicted molar refractivity (Wildman–Crippen MR) is 71.4 cm³/mol. The fourth-order valence-electron chi connectivity index (χ4n) is 1.77. The second-order valence-corrected chi connectivity index (χ2v) is 4.32. The average molecular weight is 257 g/mol. The zero-order valence-corrected chi connectivity index (χ0v) is 10.9. The summed E-state index contributed by atoms with van der Waals surface area (Å²) < 4.78 is 5.69. The fraction of sp³-hybridized carbons (Fsp3) is 0.200. The Balaban J connectivity index is 2.12. The molecule has 0 spiro atoms.